The molecule has 38 heavy (non-hydrogen) atoms. The molecule has 5 rings (SSSR count). The molecule has 3 aliphatic heterocycles. The molecule has 196 valence electrons. The van der Waals surface area contributed by atoms with Crippen LogP contribution < -0.4 is 9.47 Å². The molecule has 0 atom stereocenters. The van der Waals surface area contributed by atoms with Crippen LogP contribution in [0, 0.1) is 19.3 Å². The number of thioether (sulfide) groups is 1. The number of amidine groups is 2. The second kappa shape index (κ2) is 11.2. The first-order chi connectivity index (χ1) is 18.4. The molecule has 3 aliphatic rings. The van der Waals surface area contributed by atoms with Crippen molar-refractivity contribution in [3.63, 3.8) is 0 Å². The first-order valence-electron chi connectivity index (χ1n) is 12.6. The molecule has 10 heteroatoms. The van der Waals surface area contributed by atoms with E-state index in [2.05, 4.69) is 16.2 Å². The van der Waals surface area contributed by atoms with Crippen LogP contribution in [-0.2, 0) is 9.59 Å². The lowest BCUT2D eigenvalue weighted by molar-refractivity contribution is -0.128. The van der Waals surface area contributed by atoms with Crippen molar-refractivity contribution in [1.29, 1.82) is 5.41 Å². The Morgan fingerprint density at radius 2 is 1.82 bits per heavy atom. The third-order valence-corrected chi connectivity index (χ3v) is 7.30. The molecular formula is C28H29N5O4S. The van der Waals surface area contributed by atoms with Gasteiger partial charge in [0.1, 0.15) is 29.8 Å². The Morgan fingerprint density at radius 1 is 1.08 bits per heavy atom. The van der Waals surface area contributed by atoms with Crippen LogP contribution in [0.25, 0.3) is 6.08 Å². The smallest absolute Gasteiger partial charge is 0.283 e. The minimum atomic E-state index is -0.500. The third kappa shape index (κ3) is 5.80. The molecule has 0 aliphatic carbocycles. The van der Waals surface area contributed by atoms with Crippen molar-refractivity contribution >= 4 is 45.7 Å². The van der Waals surface area contributed by atoms with Crippen LogP contribution in [0.3, 0.4) is 0 Å². The van der Waals surface area contributed by atoms with E-state index >= 15 is 0 Å². The Hall–Kier alpha value is -3.92. The monoisotopic (exact) mass is 531 g/mol. The number of rotatable bonds is 8. The number of hydrogen-bond acceptors (Lipinski definition) is 7. The molecule has 0 bridgehead atoms. The quantitative estimate of drug-likeness (QED) is 0.400. The zero-order valence-corrected chi connectivity index (χ0v) is 22.2. The average Bonchev–Trinajstić information content (AvgIpc) is 3.57. The minimum absolute atomic E-state index is 0.0157. The number of fused-ring (bicyclic) bond motifs is 1. The summed E-state index contributed by atoms with van der Waals surface area (Å²) in [6.07, 6.45) is 3.81. The number of nitrogens with zero attached hydrogens (tertiary/aromatic N) is 4. The summed E-state index contributed by atoms with van der Waals surface area (Å²) in [5.41, 5.74) is 3.16. The molecule has 0 radical (unpaired) electrons. The number of amides is 2. The van der Waals surface area contributed by atoms with E-state index in [-0.39, 0.29) is 23.7 Å². The lowest BCUT2D eigenvalue weighted by Gasteiger charge is -2.20. The topological polar surface area (TPSA) is 108 Å². The Bertz CT molecular complexity index is 1360. The molecule has 0 spiro atoms. The normalized spacial score (nSPS) is 18.0. The van der Waals surface area contributed by atoms with Crippen LogP contribution >= 0.6 is 11.8 Å². The Balaban J connectivity index is 1.17. The maximum Gasteiger partial charge on any atom is 0.283 e. The maximum absolute atomic E-state index is 12.7. The summed E-state index contributed by atoms with van der Waals surface area (Å²) in [6.45, 7) is 6.42. The molecule has 1 saturated heterocycles. The van der Waals surface area contributed by atoms with Gasteiger partial charge in [-0.05, 0) is 73.9 Å². The number of likely N-dealkylation sites (tertiary alicyclic amines) is 1. The standard InChI is InChI=1S/C28H29N5O4S/c1-18-5-10-23(19(2)15-18)37-14-13-36-21-8-6-20(7-9-21)16-22-26(29)33-28(30-27(22)35)38-24(31-33)17-25(34)32-11-3-4-12-32/h5-10,15-16,29H,3-4,11-14,17H2,1-2H3. The highest BCUT2D eigenvalue weighted by Gasteiger charge is 2.36. The van der Waals surface area contributed by atoms with Gasteiger partial charge in [0.25, 0.3) is 5.91 Å². The van der Waals surface area contributed by atoms with Gasteiger partial charge in [-0.3, -0.25) is 15.0 Å². The summed E-state index contributed by atoms with van der Waals surface area (Å²) in [5, 5.41) is 15.1. The molecule has 0 saturated carbocycles. The van der Waals surface area contributed by atoms with Gasteiger partial charge in [-0.15, -0.1) is 0 Å². The van der Waals surface area contributed by atoms with Gasteiger partial charge in [0.2, 0.25) is 11.1 Å². The van der Waals surface area contributed by atoms with Crippen molar-refractivity contribution in [2.45, 2.75) is 33.1 Å². The lowest BCUT2D eigenvalue weighted by atomic mass is 10.1. The SMILES string of the molecule is Cc1ccc(OCCOc2ccc(C=C3C(=N)N4N=C(CC(=O)N5CCCC5)SC4=NC3=O)cc2)c(C)c1. The predicted octanol–water partition coefficient (Wildman–Crippen LogP) is 4.39. The second-order valence-electron chi connectivity index (χ2n) is 9.31. The molecular weight excluding hydrogens is 502 g/mol. The van der Waals surface area contributed by atoms with E-state index < -0.39 is 5.91 Å². The first-order valence-corrected chi connectivity index (χ1v) is 13.4. The fraction of sp³-hybridized carbons (Fsp3) is 0.321. The number of carbonyl (C=O) groups excluding carboxylic acids is 2. The molecule has 9 nitrogen and oxygen atoms in total. The number of benzene rings is 2. The minimum Gasteiger partial charge on any atom is -0.490 e. The van der Waals surface area contributed by atoms with Crippen molar-refractivity contribution in [2.75, 3.05) is 26.3 Å². The molecule has 0 unspecified atom stereocenters. The average molecular weight is 532 g/mol. The number of aryl methyl sites for hydroxylation is 2. The van der Waals surface area contributed by atoms with Crippen molar-refractivity contribution in [2.24, 2.45) is 10.1 Å². The highest BCUT2D eigenvalue weighted by atomic mass is 32.2. The predicted molar refractivity (Wildman–Crippen MR) is 149 cm³/mol. The summed E-state index contributed by atoms with van der Waals surface area (Å²) in [4.78, 5) is 31.1. The summed E-state index contributed by atoms with van der Waals surface area (Å²) >= 11 is 1.17. The zero-order valence-electron chi connectivity index (χ0n) is 21.4. The van der Waals surface area contributed by atoms with E-state index in [1.807, 2.05) is 43.0 Å². The van der Waals surface area contributed by atoms with Crippen LogP contribution in [0.15, 0.2) is 58.1 Å². The van der Waals surface area contributed by atoms with Gasteiger partial charge in [-0.2, -0.15) is 15.1 Å². The van der Waals surface area contributed by atoms with E-state index in [0.29, 0.717) is 29.2 Å². The number of ether oxygens (including phenoxy) is 2. The van der Waals surface area contributed by atoms with Crippen LogP contribution in [-0.4, -0.2) is 64.1 Å². The highest BCUT2D eigenvalue weighted by molar-refractivity contribution is 8.27. The maximum atomic E-state index is 12.7. The van der Waals surface area contributed by atoms with Crippen molar-refractivity contribution < 1.29 is 19.1 Å². The van der Waals surface area contributed by atoms with Crippen LogP contribution in [0.5, 0.6) is 11.5 Å². The Kier molecular flexibility index (Phi) is 7.59. The summed E-state index contributed by atoms with van der Waals surface area (Å²) in [6, 6.07) is 13.3. The molecule has 1 N–H and O–H groups in total. The molecule has 0 aromatic heterocycles. The van der Waals surface area contributed by atoms with Crippen LogP contribution in [0.2, 0.25) is 0 Å². The van der Waals surface area contributed by atoms with E-state index in [1.165, 1.54) is 22.3 Å². The van der Waals surface area contributed by atoms with Crippen molar-refractivity contribution in [3.05, 3.63) is 64.7 Å². The van der Waals surface area contributed by atoms with Gasteiger partial charge in [-0.1, -0.05) is 29.8 Å². The van der Waals surface area contributed by atoms with Crippen LogP contribution in [0.4, 0.5) is 0 Å². The van der Waals surface area contributed by atoms with E-state index in [0.717, 1.165) is 42.8 Å². The highest BCUT2D eigenvalue weighted by Crippen LogP contribution is 2.30. The second-order valence-corrected chi connectivity index (χ2v) is 10.4. The fourth-order valence-electron chi connectivity index (χ4n) is 4.41. The summed E-state index contributed by atoms with van der Waals surface area (Å²) in [7, 11) is 0. The summed E-state index contributed by atoms with van der Waals surface area (Å²) in [5.74, 6) is 0.981. The van der Waals surface area contributed by atoms with E-state index in [1.54, 1.807) is 18.2 Å². The van der Waals surface area contributed by atoms with Crippen molar-refractivity contribution in [3.8, 4) is 11.5 Å². The molecule has 2 aromatic carbocycles. The summed E-state index contributed by atoms with van der Waals surface area (Å²) < 4.78 is 11.6. The van der Waals surface area contributed by atoms with Gasteiger partial charge in [-0.25, -0.2) is 0 Å². The Labute approximate surface area is 225 Å². The number of hydrazone groups is 1. The van der Waals surface area contributed by atoms with Gasteiger partial charge >= 0.3 is 0 Å². The molecule has 3 heterocycles. The molecule has 1 fully saturated rings. The molecule has 2 amide bonds. The van der Waals surface area contributed by atoms with E-state index in [4.69, 9.17) is 14.9 Å². The lowest BCUT2D eigenvalue weighted by Crippen LogP contribution is -2.35. The van der Waals surface area contributed by atoms with Crippen LogP contribution in [0.1, 0.15) is 36.0 Å². The van der Waals surface area contributed by atoms with Gasteiger partial charge < -0.3 is 14.4 Å². The molecule has 2 aromatic rings. The first kappa shape index (κ1) is 25.7. The number of nitrogens with one attached hydrogen (secondary N) is 1. The largest absolute Gasteiger partial charge is 0.490 e. The van der Waals surface area contributed by atoms with Gasteiger partial charge in [0, 0.05) is 13.1 Å². The zero-order chi connectivity index (χ0) is 26.6. The van der Waals surface area contributed by atoms with Crippen molar-refractivity contribution in [1.82, 2.24) is 9.91 Å². The number of carbonyl (C=O) groups is 2. The Morgan fingerprint density at radius 3 is 2.55 bits per heavy atom. The number of hydrogen-bond donors (Lipinski definition) is 1. The van der Waals surface area contributed by atoms with E-state index in [9.17, 15) is 9.59 Å². The van der Waals surface area contributed by atoms with Gasteiger partial charge in [0.05, 0.1) is 12.0 Å². The van der Waals surface area contributed by atoms with Gasteiger partial charge in [0.15, 0.2) is 5.84 Å². The third-order valence-electron chi connectivity index (χ3n) is 6.39. The fourth-order valence-corrected chi connectivity index (χ4v) is 5.29. The number of aliphatic imine (C=N–C) groups is 1.